The Kier molecular flexibility index (Phi) is 4.56. The van der Waals surface area contributed by atoms with Crippen molar-refractivity contribution in [2.24, 2.45) is 0 Å². The molecule has 0 aliphatic rings. The summed E-state index contributed by atoms with van der Waals surface area (Å²) < 4.78 is 18.9. The highest BCUT2D eigenvalue weighted by molar-refractivity contribution is 6.36. The van der Waals surface area contributed by atoms with E-state index in [9.17, 15) is 4.39 Å². The van der Waals surface area contributed by atoms with Gasteiger partial charge in [0, 0.05) is 21.7 Å². The van der Waals surface area contributed by atoms with E-state index in [-0.39, 0.29) is 0 Å². The van der Waals surface area contributed by atoms with Gasteiger partial charge in [-0.1, -0.05) is 35.3 Å². The molecule has 0 aliphatic heterocycles. The second-order valence-corrected chi connectivity index (χ2v) is 5.20. The van der Waals surface area contributed by atoms with Crippen molar-refractivity contribution in [1.82, 2.24) is 0 Å². The smallest absolute Gasteiger partial charge is 0.131 e. The average Bonchev–Trinajstić information content (AvgIpc) is 2.37. The molecule has 2 aromatic rings. The summed E-state index contributed by atoms with van der Waals surface area (Å²) in [7, 11) is 1.47. The Morgan fingerprint density at radius 1 is 1.05 bits per heavy atom. The van der Waals surface area contributed by atoms with E-state index in [2.05, 4.69) is 0 Å². The lowest BCUT2D eigenvalue weighted by Gasteiger charge is -2.14. The molecule has 0 aliphatic carbocycles. The fraction of sp³-hybridized carbons (Fsp3) is 0.143. The first-order valence-corrected chi connectivity index (χ1v) is 6.64. The van der Waals surface area contributed by atoms with Gasteiger partial charge in [0.05, 0.1) is 12.5 Å². The van der Waals surface area contributed by atoms with Crippen molar-refractivity contribution in [3.8, 4) is 5.75 Å². The van der Waals surface area contributed by atoms with Gasteiger partial charge < -0.3 is 4.74 Å². The van der Waals surface area contributed by atoms with Crippen LogP contribution < -0.4 is 4.74 Å². The van der Waals surface area contributed by atoms with Gasteiger partial charge in [0.2, 0.25) is 0 Å². The summed E-state index contributed by atoms with van der Waals surface area (Å²) in [6.07, 6.45) is 0. The molecule has 0 saturated heterocycles. The van der Waals surface area contributed by atoms with E-state index in [1.165, 1.54) is 13.2 Å². The Morgan fingerprint density at radius 2 is 1.74 bits per heavy atom. The molecular weight excluding hydrogens is 310 g/mol. The zero-order chi connectivity index (χ0) is 14.0. The molecule has 1 unspecified atom stereocenters. The lowest BCUT2D eigenvalue weighted by atomic mass is 10.0. The second-order valence-electron chi connectivity index (χ2n) is 3.92. The van der Waals surface area contributed by atoms with Crippen molar-refractivity contribution in [2.75, 3.05) is 7.11 Å². The quantitative estimate of drug-likeness (QED) is 0.682. The standard InChI is InChI=1S/C14H10Cl3FO/c1-19-9-3-5-11(13(18)7-9)14(17)10-4-2-8(15)6-12(10)16/h2-7,14H,1H3. The topological polar surface area (TPSA) is 9.23 Å². The molecule has 0 N–H and O–H groups in total. The van der Waals surface area contributed by atoms with Crippen molar-refractivity contribution < 1.29 is 9.13 Å². The zero-order valence-electron chi connectivity index (χ0n) is 9.96. The van der Waals surface area contributed by atoms with Gasteiger partial charge in [0.25, 0.3) is 0 Å². The number of hydrogen-bond acceptors (Lipinski definition) is 1. The third kappa shape index (κ3) is 3.14. The van der Waals surface area contributed by atoms with Crippen LogP contribution in [-0.2, 0) is 0 Å². The van der Waals surface area contributed by atoms with Gasteiger partial charge in [-0.25, -0.2) is 4.39 Å². The van der Waals surface area contributed by atoms with Gasteiger partial charge in [-0.15, -0.1) is 11.6 Å². The van der Waals surface area contributed by atoms with Gasteiger partial charge in [-0.3, -0.25) is 0 Å². The average molecular weight is 320 g/mol. The van der Waals surface area contributed by atoms with Crippen LogP contribution in [-0.4, -0.2) is 7.11 Å². The van der Waals surface area contributed by atoms with Crippen LogP contribution in [0.1, 0.15) is 16.5 Å². The molecular formula is C14H10Cl3FO. The molecule has 100 valence electrons. The number of halogens is 4. The van der Waals surface area contributed by atoms with E-state index in [0.29, 0.717) is 26.9 Å². The molecule has 19 heavy (non-hydrogen) atoms. The maximum atomic E-state index is 14.0. The van der Waals surface area contributed by atoms with Gasteiger partial charge >= 0.3 is 0 Å². The Bertz CT molecular complexity index is 601. The predicted molar refractivity (Wildman–Crippen MR) is 77.1 cm³/mol. The number of rotatable bonds is 3. The Morgan fingerprint density at radius 3 is 2.32 bits per heavy atom. The minimum absolute atomic E-state index is 0.340. The molecule has 2 aromatic carbocycles. The lowest BCUT2D eigenvalue weighted by molar-refractivity contribution is 0.411. The first-order valence-electron chi connectivity index (χ1n) is 5.45. The molecule has 0 bridgehead atoms. The molecule has 0 heterocycles. The van der Waals surface area contributed by atoms with Crippen LogP contribution in [0.25, 0.3) is 0 Å². The summed E-state index contributed by atoms with van der Waals surface area (Å²) in [5.41, 5.74) is 0.948. The number of alkyl halides is 1. The van der Waals surface area contributed by atoms with Crippen LogP contribution in [0.15, 0.2) is 36.4 Å². The Hall–Kier alpha value is -0.960. The molecule has 5 heteroatoms. The lowest BCUT2D eigenvalue weighted by Crippen LogP contribution is -1.98. The van der Waals surface area contributed by atoms with Crippen LogP contribution >= 0.6 is 34.8 Å². The fourth-order valence-electron chi connectivity index (χ4n) is 1.71. The predicted octanol–water partition coefficient (Wildman–Crippen LogP) is 5.47. The summed E-state index contributed by atoms with van der Waals surface area (Å²) >= 11 is 18.2. The summed E-state index contributed by atoms with van der Waals surface area (Å²) in [6, 6.07) is 9.45. The van der Waals surface area contributed by atoms with E-state index in [0.717, 1.165) is 0 Å². The van der Waals surface area contributed by atoms with Crippen LogP contribution in [0.5, 0.6) is 5.75 Å². The van der Waals surface area contributed by atoms with Crippen molar-refractivity contribution >= 4 is 34.8 Å². The third-order valence-corrected chi connectivity index (χ3v) is 3.75. The minimum Gasteiger partial charge on any atom is -0.497 e. The molecule has 1 atom stereocenters. The highest BCUT2D eigenvalue weighted by Crippen LogP contribution is 2.36. The van der Waals surface area contributed by atoms with Crippen molar-refractivity contribution in [3.63, 3.8) is 0 Å². The summed E-state index contributed by atoms with van der Waals surface area (Å²) in [5, 5.41) is 0.228. The maximum Gasteiger partial charge on any atom is 0.131 e. The van der Waals surface area contributed by atoms with Crippen molar-refractivity contribution in [2.45, 2.75) is 5.38 Å². The number of benzene rings is 2. The van der Waals surface area contributed by atoms with Crippen LogP contribution in [0.3, 0.4) is 0 Å². The van der Waals surface area contributed by atoms with Gasteiger partial charge in [0.15, 0.2) is 0 Å². The molecule has 0 fully saturated rings. The van der Waals surface area contributed by atoms with E-state index < -0.39 is 11.2 Å². The summed E-state index contributed by atoms with van der Waals surface area (Å²) in [5.74, 6) is -0.00214. The van der Waals surface area contributed by atoms with Crippen molar-refractivity contribution in [3.05, 3.63) is 63.4 Å². The zero-order valence-corrected chi connectivity index (χ0v) is 12.2. The first kappa shape index (κ1) is 14.4. The molecule has 0 saturated carbocycles. The molecule has 0 radical (unpaired) electrons. The van der Waals surface area contributed by atoms with Gasteiger partial charge in [0.1, 0.15) is 11.6 Å². The van der Waals surface area contributed by atoms with E-state index in [1.54, 1.807) is 30.3 Å². The normalized spacial score (nSPS) is 12.3. The fourth-order valence-corrected chi connectivity index (χ4v) is 2.66. The highest BCUT2D eigenvalue weighted by Gasteiger charge is 2.18. The van der Waals surface area contributed by atoms with E-state index >= 15 is 0 Å². The maximum absolute atomic E-state index is 14.0. The Balaban J connectivity index is 2.41. The monoisotopic (exact) mass is 318 g/mol. The van der Waals surface area contributed by atoms with Gasteiger partial charge in [-0.2, -0.15) is 0 Å². The largest absolute Gasteiger partial charge is 0.497 e. The second kappa shape index (κ2) is 6.00. The van der Waals surface area contributed by atoms with E-state index in [4.69, 9.17) is 39.5 Å². The molecule has 0 spiro atoms. The number of hydrogen-bond donors (Lipinski definition) is 0. The highest BCUT2D eigenvalue weighted by atomic mass is 35.5. The van der Waals surface area contributed by atoms with Crippen LogP contribution in [0, 0.1) is 5.82 Å². The summed E-state index contributed by atoms with van der Waals surface area (Å²) in [6.45, 7) is 0. The van der Waals surface area contributed by atoms with E-state index in [1.807, 2.05) is 0 Å². The van der Waals surface area contributed by atoms with Crippen LogP contribution in [0.4, 0.5) is 4.39 Å². The molecule has 0 amide bonds. The van der Waals surface area contributed by atoms with Crippen LogP contribution in [0.2, 0.25) is 10.0 Å². The molecule has 1 nitrogen and oxygen atoms in total. The first-order chi connectivity index (χ1) is 9.02. The van der Waals surface area contributed by atoms with Crippen molar-refractivity contribution in [1.29, 1.82) is 0 Å². The Labute approximate surface area is 125 Å². The number of methoxy groups -OCH3 is 1. The summed E-state index contributed by atoms with van der Waals surface area (Å²) in [4.78, 5) is 0. The molecule has 2 rings (SSSR count). The number of ether oxygens (including phenoxy) is 1. The SMILES string of the molecule is COc1ccc(C(Cl)c2ccc(Cl)cc2Cl)c(F)c1. The third-order valence-electron chi connectivity index (χ3n) is 2.72. The molecule has 0 aromatic heterocycles. The minimum atomic E-state index is -0.685. The van der Waals surface area contributed by atoms with Gasteiger partial charge in [-0.05, 0) is 23.8 Å².